The fourth-order valence-electron chi connectivity index (χ4n) is 6.35. The fourth-order valence-corrected chi connectivity index (χ4v) is 6.35. The number of piperidine rings is 2. The summed E-state index contributed by atoms with van der Waals surface area (Å²) in [6, 6.07) is 14.7. The van der Waals surface area contributed by atoms with E-state index in [1.807, 2.05) is 24.4 Å². The van der Waals surface area contributed by atoms with Gasteiger partial charge in [0.05, 0.1) is 11.1 Å². The molecule has 0 saturated carbocycles. The molecule has 0 atom stereocenters. The van der Waals surface area contributed by atoms with E-state index in [1.54, 1.807) is 0 Å². The van der Waals surface area contributed by atoms with Crippen molar-refractivity contribution in [1.82, 2.24) is 14.8 Å². The molecule has 2 N–H and O–H groups in total. The Labute approximate surface area is 224 Å². The van der Waals surface area contributed by atoms with Crippen molar-refractivity contribution in [2.75, 3.05) is 26.2 Å². The van der Waals surface area contributed by atoms with Gasteiger partial charge in [0.15, 0.2) is 0 Å². The number of fused-ring (bicyclic) bond motifs is 2. The zero-order valence-electron chi connectivity index (χ0n) is 22.8. The first-order valence-electron chi connectivity index (χ1n) is 13.7. The lowest BCUT2D eigenvalue weighted by molar-refractivity contribution is -0.134. The summed E-state index contributed by atoms with van der Waals surface area (Å²) >= 11 is 0. The standard InChI is InChI=1S/C29H35N3O2.C2H4O2/c1-28(2)19-22-6-3-7-23(26(22)34-28)20-31-15-10-29(11-16-31)12-17-32(18-13-29)27(33)24-8-4-5-21-9-14-30-25(21)24;1-2(3)4/h3-9,14,30H,10-13,15-20H2,1-2H3;1H3,(H,3,4). The van der Waals surface area contributed by atoms with E-state index in [2.05, 4.69) is 52.9 Å². The molecule has 3 aromatic rings. The van der Waals surface area contributed by atoms with E-state index in [-0.39, 0.29) is 11.5 Å². The molecule has 2 aromatic carbocycles. The van der Waals surface area contributed by atoms with Gasteiger partial charge in [-0.2, -0.15) is 0 Å². The molecule has 0 radical (unpaired) electrons. The Balaban J connectivity index is 0.000000689. The highest BCUT2D eigenvalue weighted by molar-refractivity contribution is 6.05. The Morgan fingerprint density at radius 1 is 0.974 bits per heavy atom. The van der Waals surface area contributed by atoms with E-state index in [9.17, 15) is 4.79 Å². The lowest BCUT2D eigenvalue weighted by Gasteiger charge is -2.47. The van der Waals surface area contributed by atoms with E-state index < -0.39 is 5.97 Å². The summed E-state index contributed by atoms with van der Waals surface area (Å²) in [7, 11) is 0. The van der Waals surface area contributed by atoms with Crippen LogP contribution in [-0.4, -0.2) is 63.5 Å². The second-order valence-electron chi connectivity index (χ2n) is 11.8. The van der Waals surface area contributed by atoms with Crippen molar-refractivity contribution in [2.45, 2.75) is 65.0 Å². The van der Waals surface area contributed by atoms with Crippen LogP contribution in [0.15, 0.2) is 48.7 Å². The van der Waals surface area contributed by atoms with Gasteiger partial charge in [0.1, 0.15) is 11.4 Å². The van der Waals surface area contributed by atoms with Crippen molar-refractivity contribution in [3.05, 3.63) is 65.4 Å². The van der Waals surface area contributed by atoms with Gasteiger partial charge in [0, 0.05) is 50.1 Å². The summed E-state index contributed by atoms with van der Waals surface area (Å²) in [6.07, 6.45) is 7.59. The number of carbonyl (C=O) groups excluding carboxylic acids is 1. The fraction of sp³-hybridized carbons (Fsp3) is 0.484. The predicted octanol–water partition coefficient (Wildman–Crippen LogP) is 5.49. The zero-order chi connectivity index (χ0) is 26.9. The van der Waals surface area contributed by atoms with Gasteiger partial charge in [0.25, 0.3) is 11.9 Å². The summed E-state index contributed by atoms with van der Waals surface area (Å²) in [4.78, 5) is 30.2. The van der Waals surface area contributed by atoms with Crippen LogP contribution in [0, 0.1) is 5.41 Å². The first-order chi connectivity index (χ1) is 18.1. The predicted molar refractivity (Wildman–Crippen MR) is 149 cm³/mol. The van der Waals surface area contributed by atoms with Crippen molar-refractivity contribution in [1.29, 1.82) is 0 Å². The monoisotopic (exact) mass is 517 g/mol. The molecule has 7 nitrogen and oxygen atoms in total. The van der Waals surface area contributed by atoms with Crippen LogP contribution in [0.25, 0.3) is 10.9 Å². The molecular weight excluding hydrogens is 478 g/mol. The third-order valence-corrected chi connectivity index (χ3v) is 8.41. The minimum Gasteiger partial charge on any atom is -0.487 e. The normalized spacial score (nSPS) is 19.9. The minimum atomic E-state index is -0.833. The van der Waals surface area contributed by atoms with Gasteiger partial charge in [-0.1, -0.05) is 30.3 Å². The second kappa shape index (κ2) is 10.4. The molecule has 1 aromatic heterocycles. The van der Waals surface area contributed by atoms with Crippen molar-refractivity contribution >= 4 is 22.8 Å². The summed E-state index contributed by atoms with van der Waals surface area (Å²) in [5.74, 6) is 0.456. The van der Waals surface area contributed by atoms with E-state index >= 15 is 0 Å². The first kappa shape index (κ1) is 26.3. The van der Waals surface area contributed by atoms with Crippen molar-refractivity contribution in [3.8, 4) is 5.75 Å². The molecule has 0 bridgehead atoms. The third-order valence-electron chi connectivity index (χ3n) is 8.41. The molecule has 4 heterocycles. The molecule has 38 heavy (non-hydrogen) atoms. The Bertz CT molecular complexity index is 1310. The number of hydrogen-bond acceptors (Lipinski definition) is 4. The lowest BCUT2D eigenvalue weighted by atomic mass is 9.71. The average molecular weight is 518 g/mol. The Morgan fingerprint density at radius 3 is 2.34 bits per heavy atom. The molecule has 1 spiro atoms. The average Bonchev–Trinajstić information content (AvgIpc) is 3.48. The molecule has 0 unspecified atom stereocenters. The molecule has 2 fully saturated rings. The number of aromatic nitrogens is 1. The number of likely N-dealkylation sites (tertiary alicyclic amines) is 2. The number of aliphatic carboxylic acids is 1. The minimum absolute atomic E-state index is 0.0950. The number of carboxylic acids is 1. The van der Waals surface area contributed by atoms with Crippen molar-refractivity contribution in [3.63, 3.8) is 0 Å². The van der Waals surface area contributed by atoms with E-state index in [1.165, 1.54) is 24.0 Å². The van der Waals surface area contributed by atoms with Crippen LogP contribution in [0.2, 0.25) is 0 Å². The maximum atomic E-state index is 13.3. The highest BCUT2D eigenvalue weighted by atomic mass is 16.5. The van der Waals surface area contributed by atoms with E-state index in [0.717, 1.165) is 81.1 Å². The SMILES string of the molecule is CC(=O)O.CC1(C)Cc2cccc(CN3CCC4(CC3)CCN(C(=O)c3cccc5cc[nH]c35)CC4)c2O1. The van der Waals surface area contributed by atoms with Gasteiger partial charge in [-0.3, -0.25) is 14.5 Å². The van der Waals surface area contributed by atoms with Gasteiger partial charge in [0.2, 0.25) is 0 Å². The molecule has 2 saturated heterocycles. The van der Waals surface area contributed by atoms with Crippen molar-refractivity contribution < 1.29 is 19.4 Å². The zero-order valence-corrected chi connectivity index (χ0v) is 22.8. The Morgan fingerprint density at radius 2 is 1.63 bits per heavy atom. The second-order valence-corrected chi connectivity index (χ2v) is 11.8. The summed E-state index contributed by atoms with van der Waals surface area (Å²) in [5.41, 5.74) is 4.74. The molecule has 6 rings (SSSR count). The van der Waals surface area contributed by atoms with E-state index in [0.29, 0.717) is 5.41 Å². The highest BCUT2D eigenvalue weighted by Gasteiger charge is 2.39. The van der Waals surface area contributed by atoms with Crippen molar-refractivity contribution in [2.24, 2.45) is 5.41 Å². The molecule has 1 amide bonds. The number of rotatable bonds is 3. The van der Waals surface area contributed by atoms with Gasteiger partial charge in [-0.25, -0.2) is 0 Å². The van der Waals surface area contributed by atoms with Crippen LogP contribution in [0.1, 0.15) is 67.9 Å². The number of carboxylic acid groups (broad SMARTS) is 1. The van der Waals surface area contributed by atoms with Gasteiger partial charge >= 0.3 is 0 Å². The number of nitrogens with one attached hydrogen (secondary N) is 1. The number of benzene rings is 2. The van der Waals surface area contributed by atoms with Gasteiger partial charge in [-0.05, 0) is 75.7 Å². The quantitative estimate of drug-likeness (QED) is 0.480. The topological polar surface area (TPSA) is 85.9 Å². The maximum Gasteiger partial charge on any atom is 0.300 e. The number of H-pyrrole nitrogens is 1. The summed E-state index contributed by atoms with van der Waals surface area (Å²) in [6.45, 7) is 10.4. The van der Waals surface area contributed by atoms with Crippen LogP contribution in [0.3, 0.4) is 0 Å². The number of ether oxygens (including phenoxy) is 1. The van der Waals surface area contributed by atoms with Gasteiger partial charge < -0.3 is 19.7 Å². The first-order valence-corrected chi connectivity index (χ1v) is 13.7. The van der Waals surface area contributed by atoms with Crippen LogP contribution >= 0.6 is 0 Å². The maximum absolute atomic E-state index is 13.3. The molecule has 3 aliphatic heterocycles. The number of amides is 1. The highest BCUT2D eigenvalue weighted by Crippen LogP contribution is 2.43. The van der Waals surface area contributed by atoms with Crippen LogP contribution in [0.4, 0.5) is 0 Å². The molecule has 202 valence electrons. The van der Waals surface area contributed by atoms with Crippen LogP contribution in [0.5, 0.6) is 5.75 Å². The summed E-state index contributed by atoms with van der Waals surface area (Å²) in [5, 5.41) is 8.52. The van der Waals surface area contributed by atoms with E-state index in [4.69, 9.17) is 14.6 Å². The van der Waals surface area contributed by atoms with Crippen LogP contribution < -0.4 is 4.74 Å². The Kier molecular flexibility index (Phi) is 7.23. The molecule has 0 aliphatic carbocycles. The molecular formula is C31H39N3O4. The smallest absolute Gasteiger partial charge is 0.300 e. The lowest BCUT2D eigenvalue weighted by Crippen LogP contribution is -2.48. The summed E-state index contributed by atoms with van der Waals surface area (Å²) < 4.78 is 6.30. The number of aromatic amines is 1. The van der Waals surface area contributed by atoms with Gasteiger partial charge in [-0.15, -0.1) is 0 Å². The Hall–Kier alpha value is -3.32. The third kappa shape index (κ3) is 5.58. The van der Waals surface area contributed by atoms with Crippen LogP contribution in [-0.2, 0) is 17.8 Å². The molecule has 3 aliphatic rings. The largest absolute Gasteiger partial charge is 0.487 e. The number of nitrogens with zero attached hydrogens (tertiary/aromatic N) is 2. The number of carbonyl (C=O) groups is 2. The molecule has 7 heteroatoms. The number of hydrogen-bond donors (Lipinski definition) is 2. The number of para-hydroxylation sites is 2.